The van der Waals surface area contributed by atoms with Gasteiger partial charge < -0.3 is 10.6 Å². The smallest absolute Gasteiger partial charge is 0.252 e. The second-order valence-corrected chi connectivity index (χ2v) is 7.77. The van der Waals surface area contributed by atoms with E-state index in [2.05, 4.69) is 27.5 Å². The predicted molar refractivity (Wildman–Crippen MR) is 106 cm³/mol. The molecule has 26 heavy (non-hydrogen) atoms. The molecule has 5 nitrogen and oxygen atoms in total. The highest BCUT2D eigenvalue weighted by Gasteiger charge is 2.25. The summed E-state index contributed by atoms with van der Waals surface area (Å²) in [5.41, 5.74) is 1.52. The van der Waals surface area contributed by atoms with E-state index in [1.54, 1.807) is 11.3 Å². The molecule has 0 unspecified atom stereocenters. The fourth-order valence-corrected chi connectivity index (χ4v) is 3.73. The minimum atomic E-state index is -0.0124. The number of thiazole rings is 1. The van der Waals surface area contributed by atoms with Crippen molar-refractivity contribution < 1.29 is 4.79 Å². The molecule has 0 saturated heterocycles. The van der Waals surface area contributed by atoms with Gasteiger partial charge in [0.15, 0.2) is 0 Å². The van der Waals surface area contributed by atoms with E-state index < -0.39 is 0 Å². The van der Waals surface area contributed by atoms with Gasteiger partial charge in [-0.3, -0.25) is 4.79 Å². The maximum absolute atomic E-state index is 12.6. The van der Waals surface area contributed by atoms with Crippen LogP contribution in [-0.2, 0) is 12.8 Å². The van der Waals surface area contributed by atoms with Gasteiger partial charge in [0.05, 0.1) is 16.1 Å². The van der Waals surface area contributed by atoms with Crippen LogP contribution >= 0.6 is 11.3 Å². The quantitative estimate of drug-likeness (QED) is 0.667. The van der Waals surface area contributed by atoms with Crippen LogP contribution in [0, 0.1) is 0 Å². The van der Waals surface area contributed by atoms with Gasteiger partial charge in [-0.15, -0.1) is 11.3 Å². The Morgan fingerprint density at radius 3 is 2.92 bits per heavy atom. The number of pyridine rings is 1. The third-order valence-corrected chi connectivity index (χ3v) is 5.67. The molecular formula is C20H22N4OS. The van der Waals surface area contributed by atoms with Gasteiger partial charge >= 0.3 is 0 Å². The van der Waals surface area contributed by atoms with Crippen molar-refractivity contribution >= 4 is 34.0 Å². The molecule has 1 saturated carbocycles. The molecule has 0 radical (unpaired) electrons. The van der Waals surface area contributed by atoms with E-state index >= 15 is 0 Å². The van der Waals surface area contributed by atoms with E-state index in [0.717, 1.165) is 54.0 Å². The van der Waals surface area contributed by atoms with Gasteiger partial charge in [-0.05, 0) is 31.4 Å². The topological polar surface area (TPSA) is 66.9 Å². The molecule has 1 aliphatic carbocycles. The fourth-order valence-electron chi connectivity index (χ4n) is 2.87. The van der Waals surface area contributed by atoms with Crippen LogP contribution in [0.25, 0.3) is 10.9 Å². The minimum Gasteiger partial charge on any atom is -0.370 e. The first-order valence-electron chi connectivity index (χ1n) is 9.11. The maximum atomic E-state index is 12.6. The lowest BCUT2D eigenvalue weighted by Gasteiger charge is -2.11. The van der Waals surface area contributed by atoms with Crippen LogP contribution in [0.1, 0.15) is 40.0 Å². The first kappa shape index (κ1) is 17.0. The number of rotatable bonds is 7. The SMILES string of the molecule is CCc1cnc(CCNc2cc(C(=O)NC3CC3)c3ccccc3n2)s1. The number of carbonyl (C=O) groups is 1. The Labute approximate surface area is 156 Å². The zero-order valence-corrected chi connectivity index (χ0v) is 15.6. The lowest BCUT2D eigenvalue weighted by Crippen LogP contribution is -2.25. The molecule has 1 aliphatic rings. The van der Waals surface area contributed by atoms with Crippen LogP contribution in [-0.4, -0.2) is 28.5 Å². The van der Waals surface area contributed by atoms with E-state index in [0.29, 0.717) is 11.6 Å². The van der Waals surface area contributed by atoms with Crippen LogP contribution < -0.4 is 10.6 Å². The summed E-state index contributed by atoms with van der Waals surface area (Å²) in [6.45, 7) is 2.88. The number of nitrogens with one attached hydrogen (secondary N) is 2. The molecule has 0 spiro atoms. The summed E-state index contributed by atoms with van der Waals surface area (Å²) in [6.07, 6.45) is 5.98. The van der Waals surface area contributed by atoms with Gasteiger partial charge in [0.2, 0.25) is 0 Å². The molecule has 2 aromatic heterocycles. The lowest BCUT2D eigenvalue weighted by molar-refractivity contribution is 0.0952. The average Bonchev–Trinajstić information content (AvgIpc) is 3.35. The minimum absolute atomic E-state index is 0.0124. The van der Waals surface area contributed by atoms with Crippen LogP contribution in [0.4, 0.5) is 5.82 Å². The molecule has 2 N–H and O–H groups in total. The number of nitrogens with zero attached hydrogens (tertiary/aromatic N) is 2. The summed E-state index contributed by atoms with van der Waals surface area (Å²) in [6, 6.07) is 9.99. The van der Waals surface area contributed by atoms with E-state index in [-0.39, 0.29) is 5.91 Å². The Morgan fingerprint density at radius 2 is 2.15 bits per heavy atom. The van der Waals surface area contributed by atoms with E-state index in [1.807, 2.05) is 36.5 Å². The number of hydrogen-bond acceptors (Lipinski definition) is 5. The third-order valence-electron chi connectivity index (χ3n) is 4.47. The summed E-state index contributed by atoms with van der Waals surface area (Å²) in [7, 11) is 0. The van der Waals surface area contributed by atoms with Crippen LogP contribution in [0.2, 0.25) is 0 Å². The van der Waals surface area contributed by atoms with Gasteiger partial charge in [0.1, 0.15) is 5.82 Å². The number of para-hydroxylation sites is 1. The normalized spacial score (nSPS) is 13.7. The van der Waals surface area contributed by atoms with Crippen molar-refractivity contribution in [3.8, 4) is 0 Å². The number of benzene rings is 1. The van der Waals surface area contributed by atoms with Gasteiger partial charge in [0, 0.05) is 35.5 Å². The highest BCUT2D eigenvalue weighted by molar-refractivity contribution is 7.11. The van der Waals surface area contributed by atoms with Gasteiger partial charge in [-0.1, -0.05) is 25.1 Å². The predicted octanol–water partition coefficient (Wildman–Crippen LogP) is 3.80. The molecule has 134 valence electrons. The second-order valence-electron chi connectivity index (χ2n) is 6.57. The van der Waals surface area contributed by atoms with E-state index in [1.165, 1.54) is 4.88 Å². The van der Waals surface area contributed by atoms with Crippen molar-refractivity contribution in [1.82, 2.24) is 15.3 Å². The first-order valence-corrected chi connectivity index (χ1v) is 9.92. The molecule has 4 rings (SSSR count). The monoisotopic (exact) mass is 366 g/mol. The zero-order chi connectivity index (χ0) is 17.9. The van der Waals surface area contributed by atoms with Gasteiger partial charge in [-0.25, -0.2) is 9.97 Å². The van der Waals surface area contributed by atoms with Crippen molar-refractivity contribution in [2.45, 2.75) is 38.6 Å². The van der Waals surface area contributed by atoms with Crippen molar-refractivity contribution in [2.75, 3.05) is 11.9 Å². The summed E-state index contributed by atoms with van der Waals surface area (Å²) in [5.74, 6) is 0.721. The molecule has 1 aromatic carbocycles. The number of fused-ring (bicyclic) bond motifs is 1. The summed E-state index contributed by atoms with van der Waals surface area (Å²) in [5, 5.41) is 8.45. The number of carbonyl (C=O) groups excluding carboxylic acids is 1. The fraction of sp³-hybridized carbons (Fsp3) is 0.350. The number of aryl methyl sites for hydroxylation is 1. The van der Waals surface area contributed by atoms with Crippen LogP contribution in [0.5, 0.6) is 0 Å². The van der Waals surface area contributed by atoms with Crippen LogP contribution in [0.15, 0.2) is 36.5 Å². The molecule has 2 heterocycles. The summed E-state index contributed by atoms with van der Waals surface area (Å²) >= 11 is 1.76. The van der Waals surface area contributed by atoms with Crippen LogP contribution in [0.3, 0.4) is 0 Å². The molecule has 0 aliphatic heterocycles. The van der Waals surface area contributed by atoms with Crippen molar-refractivity contribution in [2.24, 2.45) is 0 Å². The number of amides is 1. The highest BCUT2D eigenvalue weighted by atomic mass is 32.1. The Kier molecular flexibility index (Phi) is 4.84. The standard InChI is InChI=1S/C20H22N4OS/c1-2-14-12-22-19(26-14)9-10-21-18-11-16(20(25)23-13-7-8-13)15-5-3-4-6-17(15)24-18/h3-6,11-13H,2,7-10H2,1H3,(H,21,24)(H,23,25). The second kappa shape index (κ2) is 7.41. The number of anilines is 1. The molecular weight excluding hydrogens is 344 g/mol. The van der Waals surface area contributed by atoms with E-state index in [4.69, 9.17) is 0 Å². The Bertz CT molecular complexity index is 932. The highest BCUT2D eigenvalue weighted by Crippen LogP contribution is 2.24. The van der Waals surface area contributed by atoms with Crippen molar-refractivity contribution in [1.29, 1.82) is 0 Å². The molecule has 1 fully saturated rings. The lowest BCUT2D eigenvalue weighted by atomic mass is 10.1. The summed E-state index contributed by atoms with van der Waals surface area (Å²) < 4.78 is 0. The largest absolute Gasteiger partial charge is 0.370 e. The zero-order valence-electron chi connectivity index (χ0n) is 14.8. The van der Waals surface area contributed by atoms with Gasteiger partial charge in [0.25, 0.3) is 5.91 Å². The summed E-state index contributed by atoms with van der Waals surface area (Å²) in [4.78, 5) is 23.0. The van der Waals surface area contributed by atoms with E-state index in [9.17, 15) is 4.79 Å². The van der Waals surface area contributed by atoms with Crippen molar-refractivity contribution in [3.63, 3.8) is 0 Å². The number of hydrogen-bond donors (Lipinski definition) is 2. The molecule has 6 heteroatoms. The molecule has 0 atom stereocenters. The Morgan fingerprint density at radius 1 is 1.31 bits per heavy atom. The first-order chi connectivity index (χ1) is 12.7. The molecule has 0 bridgehead atoms. The van der Waals surface area contributed by atoms with Crippen molar-refractivity contribution in [3.05, 3.63) is 52.0 Å². The molecule has 3 aromatic rings. The third kappa shape index (κ3) is 3.85. The molecule has 1 amide bonds. The maximum Gasteiger partial charge on any atom is 0.252 e. The number of aromatic nitrogens is 2. The van der Waals surface area contributed by atoms with Gasteiger partial charge in [-0.2, -0.15) is 0 Å². The Balaban J connectivity index is 1.51. The average molecular weight is 366 g/mol. The Hall–Kier alpha value is -2.47.